The lowest BCUT2D eigenvalue weighted by molar-refractivity contribution is 0.0447. The average molecular weight is 441 g/mol. The van der Waals surface area contributed by atoms with Gasteiger partial charge in [-0.25, -0.2) is 14.1 Å². The molecular weight excluding hydrogens is 411 g/mol. The minimum atomic E-state index is -3.43. The Hall–Kier alpha value is -3.77. The monoisotopic (exact) mass is 440 g/mol. The number of nitriles is 1. The van der Waals surface area contributed by atoms with Crippen LogP contribution in [0, 0.1) is 17.1 Å². The Kier molecular flexibility index (Phi) is 3.00. The first kappa shape index (κ1) is 12.9. The summed E-state index contributed by atoms with van der Waals surface area (Å²) in [7, 11) is 0. The molecule has 1 aromatic carbocycles. The van der Waals surface area contributed by atoms with Crippen molar-refractivity contribution in [3.63, 3.8) is 0 Å². The van der Waals surface area contributed by atoms with Gasteiger partial charge in [0.05, 0.1) is 54.7 Å². The van der Waals surface area contributed by atoms with Gasteiger partial charge in [-0.1, -0.05) is 6.07 Å². The molecule has 2 N–H and O–H groups in total. The molecule has 9 heteroatoms. The molecule has 5 rings (SSSR count). The number of benzene rings is 1. The van der Waals surface area contributed by atoms with E-state index in [1.807, 2.05) is 6.07 Å². The van der Waals surface area contributed by atoms with E-state index < -0.39 is 48.9 Å². The van der Waals surface area contributed by atoms with Gasteiger partial charge in [0.15, 0.2) is 5.82 Å². The first-order valence-electron chi connectivity index (χ1n) is 13.5. The number of pyridine rings is 1. The third-order valence-electron chi connectivity index (χ3n) is 4.96. The quantitative estimate of drug-likeness (QED) is 0.648. The minimum Gasteiger partial charge on any atom is -0.388 e. The number of aromatic nitrogens is 3. The maximum Gasteiger partial charge on any atom is 0.255 e. The van der Waals surface area contributed by atoms with Crippen LogP contribution < -0.4 is 10.2 Å². The number of piperidine rings is 1. The highest BCUT2D eigenvalue weighted by atomic mass is 19.1. The topological polar surface area (TPSA) is 107 Å². The predicted molar refractivity (Wildman–Crippen MR) is 115 cm³/mol. The summed E-state index contributed by atoms with van der Waals surface area (Å²) in [6.45, 7) is -5.87. The summed E-state index contributed by atoms with van der Waals surface area (Å²) >= 11 is 0. The van der Waals surface area contributed by atoms with Crippen LogP contribution in [0.2, 0.25) is 0 Å². The molecule has 0 saturated carbocycles. The molecule has 2 aromatic heterocycles. The Labute approximate surface area is 195 Å². The number of nitrogens with one attached hydrogen (secondary N) is 1. The largest absolute Gasteiger partial charge is 0.388 e. The number of carbonyl (C=O) groups excluding carboxylic acids is 1. The summed E-state index contributed by atoms with van der Waals surface area (Å²) in [6.07, 6.45) is -5.59. The second kappa shape index (κ2) is 7.43. The van der Waals surface area contributed by atoms with Gasteiger partial charge in [-0.05, 0) is 37.9 Å². The van der Waals surface area contributed by atoms with Crippen LogP contribution in [0.15, 0.2) is 36.5 Å². The zero-order chi connectivity index (χ0) is 29.6. The highest BCUT2D eigenvalue weighted by Crippen LogP contribution is 2.32. The van der Waals surface area contributed by atoms with Crippen LogP contribution in [0.5, 0.6) is 0 Å². The van der Waals surface area contributed by atoms with Gasteiger partial charge in [-0.2, -0.15) is 10.4 Å². The number of anilines is 1. The number of hydrogen-bond acceptors (Lipinski definition) is 6. The second-order valence-electron chi connectivity index (χ2n) is 7.30. The highest BCUT2D eigenvalue weighted by molar-refractivity contribution is 6.01. The molecule has 2 aliphatic rings. The first-order chi connectivity index (χ1) is 18.4. The number of nitrogens with zero attached hydrogens (tertiary/aromatic N) is 5. The van der Waals surface area contributed by atoms with Gasteiger partial charge in [-0.15, -0.1) is 0 Å². The Morgan fingerprint density at radius 2 is 2.22 bits per heavy atom. The van der Waals surface area contributed by atoms with E-state index in [1.54, 1.807) is 0 Å². The number of fused-ring (bicyclic) bond motifs is 1. The van der Waals surface area contributed by atoms with E-state index in [0.29, 0.717) is 0 Å². The molecule has 32 heavy (non-hydrogen) atoms. The third kappa shape index (κ3) is 3.39. The lowest BCUT2D eigenvalue weighted by Crippen LogP contribution is -2.46. The number of halogens is 1. The molecule has 0 spiro atoms. The maximum atomic E-state index is 14.8. The van der Waals surface area contributed by atoms with Crippen LogP contribution in [-0.2, 0) is 6.54 Å². The fourth-order valence-electron chi connectivity index (χ4n) is 3.56. The van der Waals surface area contributed by atoms with Crippen molar-refractivity contribution in [2.75, 3.05) is 17.9 Å². The van der Waals surface area contributed by atoms with E-state index in [-0.39, 0.29) is 45.2 Å². The molecule has 1 fully saturated rings. The molecule has 3 aromatic rings. The van der Waals surface area contributed by atoms with Gasteiger partial charge in [0.2, 0.25) is 0 Å². The lowest BCUT2D eigenvalue weighted by atomic mass is 9.95. The van der Waals surface area contributed by atoms with E-state index in [1.165, 1.54) is 24.4 Å². The van der Waals surface area contributed by atoms with Crippen LogP contribution in [0.25, 0.3) is 16.9 Å². The Morgan fingerprint density at radius 1 is 1.38 bits per heavy atom. The van der Waals surface area contributed by atoms with E-state index in [9.17, 15) is 19.6 Å². The smallest absolute Gasteiger partial charge is 0.255 e. The average Bonchev–Trinajstić information content (AvgIpc) is 3.49. The van der Waals surface area contributed by atoms with Crippen molar-refractivity contribution < 1.29 is 25.3 Å². The van der Waals surface area contributed by atoms with Crippen molar-refractivity contribution >= 4 is 11.7 Å². The number of β-amino-alcohol motifs (C(OH)–C–C–N with tert-alkyl or cyclic N) is 1. The van der Waals surface area contributed by atoms with Crippen LogP contribution in [-0.4, -0.2) is 44.4 Å². The van der Waals surface area contributed by atoms with Crippen molar-refractivity contribution in [3.05, 3.63) is 59.2 Å². The SMILES string of the molecule is [2H]C1([2H])N(c2ccn(-c3cc(-c4c(F)cccc4C#N)nc4c3C(=O)NC4)n2)C([2H])([2H])[C@](C)(O)C([2H])([2H])C1([2H])[2H]. The molecule has 0 unspecified atom stereocenters. The summed E-state index contributed by atoms with van der Waals surface area (Å²) < 4.78 is 82.4. The number of aliphatic hydroxyl groups is 1. The number of amides is 1. The summed E-state index contributed by atoms with van der Waals surface area (Å²) in [5, 5.41) is 27.2. The maximum absolute atomic E-state index is 14.8. The van der Waals surface area contributed by atoms with Gasteiger partial charge >= 0.3 is 0 Å². The van der Waals surface area contributed by atoms with Gasteiger partial charge in [0.1, 0.15) is 5.82 Å². The molecule has 0 aliphatic carbocycles. The molecule has 1 amide bonds. The van der Waals surface area contributed by atoms with E-state index in [0.717, 1.165) is 23.7 Å². The van der Waals surface area contributed by atoms with Crippen molar-refractivity contribution in [2.24, 2.45) is 0 Å². The molecule has 2 aliphatic heterocycles. The predicted octanol–water partition coefficient (Wildman–Crippen LogP) is 2.54. The van der Waals surface area contributed by atoms with Crippen molar-refractivity contribution in [2.45, 2.75) is 31.8 Å². The van der Waals surface area contributed by atoms with Crippen LogP contribution in [0.1, 0.15) is 52.3 Å². The highest BCUT2D eigenvalue weighted by Gasteiger charge is 2.31. The van der Waals surface area contributed by atoms with Gasteiger partial charge in [0.25, 0.3) is 5.91 Å². The summed E-state index contributed by atoms with van der Waals surface area (Å²) in [4.78, 5) is 17.3. The normalized spacial score (nSPS) is 30.1. The van der Waals surface area contributed by atoms with Crippen LogP contribution in [0.4, 0.5) is 10.2 Å². The molecule has 0 bridgehead atoms. The minimum absolute atomic E-state index is 0.00644. The Morgan fingerprint density at radius 3 is 3.03 bits per heavy atom. The fraction of sp³-hybridized carbons (Fsp3) is 0.304. The zero-order valence-corrected chi connectivity index (χ0v) is 16.6. The van der Waals surface area contributed by atoms with Crippen LogP contribution in [0.3, 0.4) is 0 Å². The van der Waals surface area contributed by atoms with E-state index >= 15 is 0 Å². The fourth-order valence-corrected chi connectivity index (χ4v) is 3.56. The van der Waals surface area contributed by atoms with Gasteiger partial charge in [0, 0.05) is 33.5 Å². The molecular formula is C23H21FN6O2. The first-order valence-corrected chi connectivity index (χ1v) is 9.51. The van der Waals surface area contributed by atoms with Crippen molar-refractivity contribution in [1.82, 2.24) is 20.1 Å². The Bertz CT molecular complexity index is 1590. The molecule has 1 saturated heterocycles. The Balaban J connectivity index is 1.71. The summed E-state index contributed by atoms with van der Waals surface area (Å²) in [5.41, 5.74) is -2.94. The van der Waals surface area contributed by atoms with Crippen molar-refractivity contribution in [1.29, 1.82) is 5.26 Å². The molecule has 1 atom stereocenters. The number of rotatable bonds is 3. The number of carbonyl (C=O) groups is 1. The number of hydrogen-bond donors (Lipinski definition) is 2. The van der Waals surface area contributed by atoms with Crippen molar-refractivity contribution in [3.8, 4) is 23.0 Å². The molecule has 4 heterocycles. The standard InChI is InChI=1S/C23H21FN6O2/c1-23(32)7-3-8-29(13-23)19-6-9-30(28-19)18-10-16(27-17-12-26-22(31)21(17)18)20-14(11-25)4-2-5-15(20)24/h2,4-6,9-10,32H,3,7-8,12-13H2,1H3,(H,26,31)/t23-/m1/s1/i3D2,7D2,8D2,13D2. The molecule has 0 radical (unpaired) electrons. The molecule has 162 valence electrons. The van der Waals surface area contributed by atoms with Gasteiger partial charge in [-0.3, -0.25) is 4.79 Å². The third-order valence-corrected chi connectivity index (χ3v) is 4.96. The second-order valence-corrected chi connectivity index (χ2v) is 7.30. The lowest BCUT2D eigenvalue weighted by Gasteiger charge is -2.36. The van der Waals surface area contributed by atoms with E-state index in [4.69, 9.17) is 11.0 Å². The van der Waals surface area contributed by atoms with Gasteiger partial charge < -0.3 is 15.3 Å². The molecule has 8 nitrogen and oxygen atoms in total. The van der Waals surface area contributed by atoms with Crippen LogP contribution >= 0.6 is 0 Å². The zero-order valence-electron chi connectivity index (χ0n) is 24.6. The summed E-state index contributed by atoms with van der Waals surface area (Å²) in [6, 6.07) is 8.16. The summed E-state index contributed by atoms with van der Waals surface area (Å²) in [5.74, 6) is -1.82. The van der Waals surface area contributed by atoms with E-state index in [2.05, 4.69) is 15.4 Å².